The highest BCUT2D eigenvalue weighted by Crippen LogP contribution is 2.18. The van der Waals surface area contributed by atoms with Crippen molar-refractivity contribution < 1.29 is 4.79 Å². The summed E-state index contributed by atoms with van der Waals surface area (Å²) in [6, 6.07) is 9.93. The molecule has 1 heterocycles. The van der Waals surface area contributed by atoms with Crippen molar-refractivity contribution in [2.45, 2.75) is 13.0 Å². The number of hydrazine groups is 1. The van der Waals surface area contributed by atoms with Gasteiger partial charge in [-0.2, -0.15) is 0 Å². The van der Waals surface area contributed by atoms with E-state index in [2.05, 4.69) is 10.4 Å². The van der Waals surface area contributed by atoms with E-state index >= 15 is 0 Å². The number of hydrogen-bond donors (Lipinski definition) is 2. The third-order valence-electron chi connectivity index (χ3n) is 2.73. The molecule has 88 valence electrons. The van der Waals surface area contributed by atoms with Gasteiger partial charge in [-0.15, -0.1) is 0 Å². The molecule has 0 radical (unpaired) electrons. The number of nitrogens with two attached hydrogens (primary N) is 1. The van der Waals surface area contributed by atoms with Crippen molar-refractivity contribution in [1.82, 2.24) is 15.0 Å². The maximum atomic E-state index is 11.5. The number of carbonyl (C=O) groups excluding carboxylic acids is 1. The minimum absolute atomic E-state index is 0.0333. The van der Waals surface area contributed by atoms with Crippen LogP contribution in [-0.4, -0.2) is 15.5 Å². The third kappa shape index (κ3) is 2.19. The zero-order valence-electron chi connectivity index (χ0n) is 9.50. The van der Waals surface area contributed by atoms with E-state index in [0.717, 1.165) is 5.56 Å². The van der Waals surface area contributed by atoms with Crippen molar-refractivity contribution in [3.8, 4) is 0 Å². The SMILES string of the molecule is C[C@@H](c1ccccc1)n1cncc1C(=O)NN. The Labute approximate surface area is 99.2 Å². The summed E-state index contributed by atoms with van der Waals surface area (Å²) in [4.78, 5) is 15.5. The van der Waals surface area contributed by atoms with Gasteiger partial charge < -0.3 is 4.57 Å². The molecule has 5 heteroatoms. The lowest BCUT2D eigenvalue weighted by atomic mass is 10.1. The minimum Gasteiger partial charge on any atom is -0.319 e. The molecule has 17 heavy (non-hydrogen) atoms. The van der Waals surface area contributed by atoms with Crippen molar-refractivity contribution in [2.75, 3.05) is 0 Å². The van der Waals surface area contributed by atoms with Crippen LogP contribution in [0.3, 0.4) is 0 Å². The van der Waals surface area contributed by atoms with Gasteiger partial charge in [-0.3, -0.25) is 10.2 Å². The molecule has 0 saturated carbocycles. The van der Waals surface area contributed by atoms with Crippen molar-refractivity contribution in [3.63, 3.8) is 0 Å². The number of nitrogens with one attached hydrogen (secondary N) is 1. The average molecular weight is 230 g/mol. The number of aromatic nitrogens is 2. The summed E-state index contributed by atoms with van der Waals surface area (Å²) < 4.78 is 1.79. The first-order valence-electron chi connectivity index (χ1n) is 5.31. The quantitative estimate of drug-likeness (QED) is 0.471. The highest BCUT2D eigenvalue weighted by molar-refractivity contribution is 5.91. The number of nitrogens with zero attached hydrogens (tertiary/aromatic N) is 2. The van der Waals surface area contributed by atoms with Gasteiger partial charge in [-0.1, -0.05) is 30.3 Å². The zero-order chi connectivity index (χ0) is 12.3. The van der Waals surface area contributed by atoms with E-state index in [1.807, 2.05) is 37.3 Å². The molecule has 0 unspecified atom stereocenters. The number of amides is 1. The van der Waals surface area contributed by atoms with E-state index in [1.165, 1.54) is 6.20 Å². The summed E-state index contributed by atoms with van der Waals surface area (Å²) in [6.45, 7) is 2.00. The van der Waals surface area contributed by atoms with Gasteiger partial charge in [0.1, 0.15) is 5.69 Å². The molecule has 0 spiro atoms. The first-order chi connectivity index (χ1) is 8.24. The summed E-state index contributed by atoms with van der Waals surface area (Å²) in [7, 11) is 0. The number of benzene rings is 1. The predicted molar refractivity (Wildman–Crippen MR) is 64.1 cm³/mol. The number of hydrogen-bond acceptors (Lipinski definition) is 3. The molecule has 0 saturated heterocycles. The number of carbonyl (C=O) groups is 1. The topological polar surface area (TPSA) is 72.9 Å². The Morgan fingerprint density at radius 1 is 1.41 bits per heavy atom. The largest absolute Gasteiger partial charge is 0.319 e. The van der Waals surface area contributed by atoms with Crippen LogP contribution in [0, 0.1) is 0 Å². The zero-order valence-corrected chi connectivity index (χ0v) is 9.50. The van der Waals surface area contributed by atoms with E-state index in [1.54, 1.807) is 10.9 Å². The molecular weight excluding hydrogens is 216 g/mol. The lowest BCUT2D eigenvalue weighted by Gasteiger charge is -2.16. The second kappa shape index (κ2) is 4.80. The van der Waals surface area contributed by atoms with Crippen LogP contribution in [-0.2, 0) is 0 Å². The van der Waals surface area contributed by atoms with Crippen molar-refractivity contribution in [1.29, 1.82) is 0 Å². The van der Waals surface area contributed by atoms with Gasteiger partial charge in [0.25, 0.3) is 5.91 Å². The fourth-order valence-electron chi connectivity index (χ4n) is 1.76. The van der Waals surface area contributed by atoms with Crippen LogP contribution in [0.2, 0.25) is 0 Å². The molecule has 1 amide bonds. The molecule has 1 aromatic heterocycles. The summed E-state index contributed by atoms with van der Waals surface area (Å²) in [5, 5.41) is 0. The molecule has 0 aliphatic carbocycles. The van der Waals surface area contributed by atoms with E-state index < -0.39 is 0 Å². The van der Waals surface area contributed by atoms with E-state index in [-0.39, 0.29) is 11.9 Å². The van der Waals surface area contributed by atoms with Crippen LogP contribution in [0.1, 0.15) is 29.0 Å². The van der Waals surface area contributed by atoms with Gasteiger partial charge in [0.15, 0.2) is 0 Å². The Balaban J connectivity index is 2.35. The molecule has 0 aliphatic rings. The Hall–Kier alpha value is -2.14. The van der Waals surface area contributed by atoms with E-state index in [9.17, 15) is 4.79 Å². The smallest absolute Gasteiger partial charge is 0.283 e. The van der Waals surface area contributed by atoms with Crippen LogP contribution in [0.25, 0.3) is 0 Å². The highest BCUT2D eigenvalue weighted by atomic mass is 16.2. The third-order valence-corrected chi connectivity index (χ3v) is 2.73. The predicted octanol–water partition coefficient (Wildman–Crippen LogP) is 1.10. The molecule has 0 aliphatic heterocycles. The number of nitrogen functional groups attached to an aromatic ring is 1. The Bertz CT molecular complexity index is 506. The van der Waals surface area contributed by atoms with Gasteiger partial charge in [0, 0.05) is 0 Å². The maximum Gasteiger partial charge on any atom is 0.283 e. The van der Waals surface area contributed by atoms with Crippen LogP contribution >= 0.6 is 0 Å². The van der Waals surface area contributed by atoms with Gasteiger partial charge in [0.05, 0.1) is 18.6 Å². The van der Waals surface area contributed by atoms with E-state index in [0.29, 0.717) is 5.69 Å². The molecule has 0 bridgehead atoms. The van der Waals surface area contributed by atoms with Gasteiger partial charge in [0.2, 0.25) is 0 Å². The monoisotopic (exact) mass is 230 g/mol. The number of imidazole rings is 1. The minimum atomic E-state index is -0.342. The summed E-state index contributed by atoms with van der Waals surface area (Å²) in [6.07, 6.45) is 3.13. The molecule has 2 aromatic rings. The average Bonchev–Trinajstić information content (AvgIpc) is 2.87. The van der Waals surface area contributed by atoms with Crippen LogP contribution in [0.15, 0.2) is 42.9 Å². The summed E-state index contributed by atoms with van der Waals surface area (Å²) in [5.74, 6) is 4.79. The second-order valence-corrected chi connectivity index (χ2v) is 3.75. The highest BCUT2D eigenvalue weighted by Gasteiger charge is 2.15. The molecule has 0 fully saturated rings. The van der Waals surface area contributed by atoms with Gasteiger partial charge in [-0.25, -0.2) is 10.8 Å². The lowest BCUT2D eigenvalue weighted by molar-refractivity contribution is 0.0943. The second-order valence-electron chi connectivity index (χ2n) is 3.75. The Morgan fingerprint density at radius 3 is 2.76 bits per heavy atom. The fourth-order valence-corrected chi connectivity index (χ4v) is 1.76. The molecule has 5 nitrogen and oxygen atoms in total. The molecule has 1 atom stereocenters. The molecule has 2 rings (SSSR count). The Kier molecular flexibility index (Phi) is 3.20. The van der Waals surface area contributed by atoms with Crippen molar-refractivity contribution >= 4 is 5.91 Å². The lowest BCUT2D eigenvalue weighted by Crippen LogP contribution is -2.32. The molecule has 1 aromatic carbocycles. The maximum absolute atomic E-state index is 11.5. The number of rotatable bonds is 3. The fraction of sp³-hybridized carbons (Fsp3) is 0.167. The van der Waals surface area contributed by atoms with Crippen LogP contribution in [0.4, 0.5) is 0 Å². The summed E-state index contributed by atoms with van der Waals surface area (Å²) in [5.41, 5.74) is 3.67. The summed E-state index contributed by atoms with van der Waals surface area (Å²) >= 11 is 0. The first kappa shape index (κ1) is 11.3. The van der Waals surface area contributed by atoms with Gasteiger partial charge in [-0.05, 0) is 12.5 Å². The van der Waals surface area contributed by atoms with E-state index in [4.69, 9.17) is 5.84 Å². The van der Waals surface area contributed by atoms with Crippen LogP contribution < -0.4 is 11.3 Å². The van der Waals surface area contributed by atoms with Crippen LogP contribution in [0.5, 0.6) is 0 Å². The molecule has 3 N–H and O–H groups in total. The molecular formula is C12H14N4O. The standard InChI is InChI=1S/C12H14N4O/c1-9(10-5-3-2-4-6-10)16-8-14-7-11(16)12(17)15-13/h2-9H,13H2,1H3,(H,15,17)/t9-/m0/s1. The van der Waals surface area contributed by atoms with Gasteiger partial charge >= 0.3 is 0 Å². The van der Waals surface area contributed by atoms with Crippen molar-refractivity contribution in [3.05, 3.63) is 54.1 Å². The van der Waals surface area contributed by atoms with Crippen molar-refractivity contribution in [2.24, 2.45) is 5.84 Å². The Morgan fingerprint density at radius 2 is 2.12 bits per heavy atom. The first-order valence-corrected chi connectivity index (χ1v) is 5.31. The normalized spacial score (nSPS) is 12.1.